The Labute approximate surface area is 95.6 Å². The Morgan fingerprint density at radius 2 is 1.94 bits per heavy atom. The number of ether oxygens (including phenoxy) is 1. The largest absolute Gasteiger partial charge is 0.372 e. The Morgan fingerprint density at radius 3 is 2.56 bits per heavy atom. The molecule has 1 saturated heterocycles. The number of aromatic nitrogens is 2. The van der Waals surface area contributed by atoms with Crippen LogP contribution in [0.15, 0.2) is 12.4 Å². The summed E-state index contributed by atoms with van der Waals surface area (Å²) in [5, 5.41) is 0. The van der Waals surface area contributed by atoms with Crippen LogP contribution >= 0.6 is 0 Å². The maximum Gasteiger partial charge on any atom is 0.151 e. The fourth-order valence-corrected chi connectivity index (χ4v) is 2.12. The normalized spacial score (nSPS) is 25.8. The zero-order valence-electron chi connectivity index (χ0n) is 9.76. The Bertz CT molecular complexity index is 348. The van der Waals surface area contributed by atoms with Crippen molar-refractivity contribution >= 4 is 5.82 Å². The van der Waals surface area contributed by atoms with E-state index in [1.165, 1.54) is 0 Å². The molecule has 0 aliphatic carbocycles. The molecule has 1 aliphatic heterocycles. The molecular weight excluding hydrogens is 204 g/mol. The molecule has 88 valence electrons. The molecule has 0 radical (unpaired) electrons. The summed E-state index contributed by atoms with van der Waals surface area (Å²) in [5.74, 6) is 0.895. The van der Waals surface area contributed by atoms with Crippen LogP contribution in [0.1, 0.15) is 19.5 Å². The van der Waals surface area contributed by atoms with Crippen LogP contribution in [-0.2, 0) is 11.3 Å². The summed E-state index contributed by atoms with van der Waals surface area (Å²) in [6.45, 7) is 6.25. The molecule has 2 unspecified atom stereocenters. The van der Waals surface area contributed by atoms with Gasteiger partial charge >= 0.3 is 0 Å². The van der Waals surface area contributed by atoms with E-state index >= 15 is 0 Å². The molecule has 0 saturated carbocycles. The average molecular weight is 222 g/mol. The van der Waals surface area contributed by atoms with Gasteiger partial charge in [-0.2, -0.15) is 0 Å². The molecule has 2 atom stereocenters. The third kappa shape index (κ3) is 2.31. The molecule has 2 heterocycles. The zero-order chi connectivity index (χ0) is 11.5. The van der Waals surface area contributed by atoms with Crippen LogP contribution in [0.2, 0.25) is 0 Å². The highest BCUT2D eigenvalue weighted by molar-refractivity contribution is 5.43. The molecule has 0 amide bonds. The van der Waals surface area contributed by atoms with Crippen LogP contribution in [-0.4, -0.2) is 35.3 Å². The Balaban J connectivity index is 2.22. The highest BCUT2D eigenvalue weighted by Crippen LogP contribution is 2.20. The lowest BCUT2D eigenvalue weighted by Crippen LogP contribution is -2.46. The van der Waals surface area contributed by atoms with Gasteiger partial charge in [-0.1, -0.05) is 0 Å². The molecule has 1 aromatic rings. The van der Waals surface area contributed by atoms with E-state index in [2.05, 4.69) is 28.7 Å². The van der Waals surface area contributed by atoms with Gasteiger partial charge in [0.15, 0.2) is 5.82 Å². The maximum absolute atomic E-state index is 5.69. The van der Waals surface area contributed by atoms with Gasteiger partial charge in [0, 0.05) is 32.0 Å². The van der Waals surface area contributed by atoms with Crippen molar-refractivity contribution in [2.24, 2.45) is 5.73 Å². The summed E-state index contributed by atoms with van der Waals surface area (Å²) in [6, 6.07) is 0. The number of anilines is 1. The molecule has 2 rings (SSSR count). The fourth-order valence-electron chi connectivity index (χ4n) is 2.12. The lowest BCUT2D eigenvalue weighted by atomic mass is 10.2. The molecule has 1 aliphatic rings. The average Bonchev–Trinajstić information content (AvgIpc) is 2.27. The van der Waals surface area contributed by atoms with E-state index in [1.54, 1.807) is 12.4 Å². The third-order valence-corrected chi connectivity index (χ3v) is 2.66. The SMILES string of the molecule is CC1CN(c2nccnc2CN)CC(C)O1. The maximum atomic E-state index is 5.69. The molecular formula is C11H18N4O. The zero-order valence-corrected chi connectivity index (χ0v) is 9.76. The van der Waals surface area contributed by atoms with E-state index in [9.17, 15) is 0 Å². The van der Waals surface area contributed by atoms with Gasteiger partial charge in [0.25, 0.3) is 0 Å². The molecule has 0 bridgehead atoms. The van der Waals surface area contributed by atoms with Crippen molar-refractivity contribution in [2.45, 2.75) is 32.6 Å². The molecule has 1 aromatic heterocycles. The van der Waals surface area contributed by atoms with Crippen molar-refractivity contribution in [1.29, 1.82) is 0 Å². The van der Waals surface area contributed by atoms with Gasteiger partial charge in [0.2, 0.25) is 0 Å². The summed E-state index contributed by atoms with van der Waals surface area (Å²) in [4.78, 5) is 10.8. The topological polar surface area (TPSA) is 64.3 Å². The van der Waals surface area contributed by atoms with Gasteiger partial charge in [0.05, 0.1) is 17.9 Å². The third-order valence-electron chi connectivity index (χ3n) is 2.66. The fraction of sp³-hybridized carbons (Fsp3) is 0.636. The molecule has 2 N–H and O–H groups in total. The first kappa shape index (κ1) is 11.3. The van der Waals surface area contributed by atoms with Crippen molar-refractivity contribution in [3.63, 3.8) is 0 Å². The molecule has 5 heteroatoms. The van der Waals surface area contributed by atoms with Crippen molar-refractivity contribution in [3.05, 3.63) is 18.1 Å². The van der Waals surface area contributed by atoms with Gasteiger partial charge in [-0.3, -0.25) is 4.98 Å². The predicted octanol–water partition coefficient (Wildman–Crippen LogP) is 0.549. The van der Waals surface area contributed by atoms with Crippen LogP contribution < -0.4 is 10.6 Å². The van der Waals surface area contributed by atoms with Crippen LogP contribution in [0, 0.1) is 0 Å². The van der Waals surface area contributed by atoms with E-state index in [-0.39, 0.29) is 12.2 Å². The number of nitrogens with zero attached hydrogens (tertiary/aromatic N) is 3. The number of rotatable bonds is 2. The molecule has 16 heavy (non-hydrogen) atoms. The summed E-state index contributed by atoms with van der Waals surface area (Å²) in [6.07, 6.45) is 3.82. The van der Waals surface area contributed by atoms with E-state index in [1.807, 2.05) is 0 Å². The Hall–Kier alpha value is -1.20. The minimum Gasteiger partial charge on any atom is -0.372 e. The molecule has 0 spiro atoms. The Kier molecular flexibility index (Phi) is 3.36. The lowest BCUT2D eigenvalue weighted by molar-refractivity contribution is -0.00553. The number of hydrogen-bond acceptors (Lipinski definition) is 5. The smallest absolute Gasteiger partial charge is 0.151 e. The van der Waals surface area contributed by atoms with Gasteiger partial charge in [-0.25, -0.2) is 4.98 Å². The van der Waals surface area contributed by atoms with Crippen LogP contribution in [0.5, 0.6) is 0 Å². The van der Waals surface area contributed by atoms with Gasteiger partial charge in [0.1, 0.15) is 0 Å². The molecule has 1 fully saturated rings. The van der Waals surface area contributed by atoms with Gasteiger partial charge in [-0.05, 0) is 13.8 Å². The first-order valence-electron chi connectivity index (χ1n) is 5.61. The molecule has 5 nitrogen and oxygen atoms in total. The lowest BCUT2D eigenvalue weighted by Gasteiger charge is -2.36. The van der Waals surface area contributed by atoms with E-state index in [0.717, 1.165) is 24.6 Å². The number of hydrogen-bond donors (Lipinski definition) is 1. The first-order chi connectivity index (χ1) is 7.70. The highest BCUT2D eigenvalue weighted by atomic mass is 16.5. The highest BCUT2D eigenvalue weighted by Gasteiger charge is 2.24. The summed E-state index contributed by atoms with van der Waals surface area (Å²) in [5.41, 5.74) is 6.52. The first-order valence-corrected chi connectivity index (χ1v) is 5.61. The second-order valence-electron chi connectivity index (χ2n) is 4.19. The van der Waals surface area contributed by atoms with Crippen LogP contribution in [0.3, 0.4) is 0 Å². The van der Waals surface area contributed by atoms with Crippen molar-refractivity contribution in [3.8, 4) is 0 Å². The quantitative estimate of drug-likeness (QED) is 0.791. The Morgan fingerprint density at radius 1 is 1.31 bits per heavy atom. The number of morpholine rings is 1. The van der Waals surface area contributed by atoms with E-state index in [0.29, 0.717) is 6.54 Å². The summed E-state index contributed by atoms with van der Waals surface area (Å²) in [7, 11) is 0. The van der Waals surface area contributed by atoms with Crippen LogP contribution in [0.4, 0.5) is 5.82 Å². The summed E-state index contributed by atoms with van der Waals surface area (Å²) < 4.78 is 5.69. The molecule has 0 aromatic carbocycles. The second-order valence-corrected chi connectivity index (χ2v) is 4.19. The van der Waals surface area contributed by atoms with Gasteiger partial charge in [-0.15, -0.1) is 0 Å². The second kappa shape index (κ2) is 4.76. The summed E-state index contributed by atoms with van der Waals surface area (Å²) >= 11 is 0. The minimum absolute atomic E-state index is 0.219. The van der Waals surface area contributed by atoms with Crippen molar-refractivity contribution in [2.75, 3.05) is 18.0 Å². The van der Waals surface area contributed by atoms with Crippen LogP contribution in [0.25, 0.3) is 0 Å². The predicted molar refractivity (Wildman–Crippen MR) is 62.1 cm³/mol. The van der Waals surface area contributed by atoms with Crippen molar-refractivity contribution in [1.82, 2.24) is 9.97 Å². The monoisotopic (exact) mass is 222 g/mol. The van der Waals surface area contributed by atoms with E-state index < -0.39 is 0 Å². The minimum atomic E-state index is 0.219. The van der Waals surface area contributed by atoms with E-state index in [4.69, 9.17) is 10.5 Å². The van der Waals surface area contributed by atoms with Crippen molar-refractivity contribution < 1.29 is 4.74 Å². The standard InChI is InChI=1S/C11H18N4O/c1-8-6-15(7-9(2)16-8)11-10(5-12)13-3-4-14-11/h3-4,8-9H,5-7,12H2,1-2H3. The van der Waals surface area contributed by atoms with Gasteiger partial charge < -0.3 is 15.4 Å². The number of nitrogens with two attached hydrogens (primary N) is 1.